The molecule has 5 aromatic rings. The number of aromatic carboxylic acids is 1. The molecule has 2 atom stereocenters. The molecule has 1 saturated carbocycles. The molecule has 39 heavy (non-hydrogen) atoms. The Hall–Kier alpha value is -4.53. The summed E-state index contributed by atoms with van der Waals surface area (Å²) >= 11 is 0. The summed E-state index contributed by atoms with van der Waals surface area (Å²) in [5, 5.41) is 27.5. The Morgan fingerprint density at radius 1 is 0.974 bits per heavy atom. The number of carbonyl (C=O) groups is 1. The molecular formula is C30H29N7O2. The SMILES string of the molecule is Cn1cc(C2CC2c2c(C(=O)O)cnn2-c2cccc(-c3cccc(-n4ncc5c4C(C)(C)CC5)c3)c2)nn1. The maximum atomic E-state index is 12.1. The molecule has 1 N–H and O–H groups in total. The van der Waals surface area contributed by atoms with Gasteiger partial charge >= 0.3 is 5.97 Å². The molecule has 0 saturated heterocycles. The van der Waals surface area contributed by atoms with E-state index in [0.29, 0.717) is 5.69 Å². The van der Waals surface area contributed by atoms with E-state index >= 15 is 0 Å². The van der Waals surface area contributed by atoms with Crippen LogP contribution >= 0.6 is 0 Å². The van der Waals surface area contributed by atoms with Crippen LogP contribution in [0.1, 0.15) is 71.5 Å². The van der Waals surface area contributed by atoms with Crippen LogP contribution in [0.3, 0.4) is 0 Å². The van der Waals surface area contributed by atoms with Crippen LogP contribution in [-0.4, -0.2) is 45.6 Å². The highest BCUT2D eigenvalue weighted by atomic mass is 16.4. The monoisotopic (exact) mass is 519 g/mol. The van der Waals surface area contributed by atoms with E-state index in [1.54, 1.807) is 9.36 Å². The van der Waals surface area contributed by atoms with E-state index in [-0.39, 0.29) is 22.8 Å². The Morgan fingerprint density at radius 2 is 1.67 bits per heavy atom. The third-order valence-corrected chi connectivity index (χ3v) is 8.20. The van der Waals surface area contributed by atoms with E-state index in [9.17, 15) is 9.90 Å². The molecule has 3 aromatic heterocycles. The van der Waals surface area contributed by atoms with Crippen molar-refractivity contribution in [3.63, 3.8) is 0 Å². The van der Waals surface area contributed by atoms with Gasteiger partial charge in [0.2, 0.25) is 0 Å². The van der Waals surface area contributed by atoms with Crippen molar-refractivity contribution in [2.24, 2.45) is 7.05 Å². The number of carboxylic acid groups (broad SMARTS) is 1. The summed E-state index contributed by atoms with van der Waals surface area (Å²) in [6, 6.07) is 16.5. The normalized spacial score (nSPS) is 19.3. The average molecular weight is 520 g/mol. The van der Waals surface area contributed by atoms with Gasteiger partial charge in [-0.1, -0.05) is 43.3 Å². The molecule has 3 heterocycles. The van der Waals surface area contributed by atoms with Crippen LogP contribution in [0.5, 0.6) is 0 Å². The van der Waals surface area contributed by atoms with Gasteiger partial charge in [-0.05, 0) is 60.2 Å². The van der Waals surface area contributed by atoms with Crippen LogP contribution in [-0.2, 0) is 18.9 Å². The Labute approximate surface area is 225 Å². The molecule has 0 aliphatic heterocycles. The fourth-order valence-electron chi connectivity index (χ4n) is 6.13. The minimum absolute atomic E-state index is 0.0209. The molecule has 2 unspecified atom stereocenters. The molecule has 0 bridgehead atoms. The summed E-state index contributed by atoms with van der Waals surface area (Å²) in [4.78, 5) is 12.1. The molecule has 9 nitrogen and oxygen atoms in total. The third-order valence-electron chi connectivity index (χ3n) is 8.20. The molecule has 0 radical (unpaired) electrons. The first kappa shape index (κ1) is 23.6. The van der Waals surface area contributed by atoms with Gasteiger partial charge in [0.25, 0.3) is 0 Å². The van der Waals surface area contributed by atoms with E-state index in [2.05, 4.69) is 70.3 Å². The maximum absolute atomic E-state index is 12.1. The number of fused-ring (bicyclic) bond motifs is 1. The van der Waals surface area contributed by atoms with Crippen LogP contribution in [0, 0.1) is 0 Å². The van der Waals surface area contributed by atoms with E-state index in [1.165, 1.54) is 17.5 Å². The number of hydrogen-bond acceptors (Lipinski definition) is 5. The summed E-state index contributed by atoms with van der Waals surface area (Å²) in [6.07, 6.45) is 8.37. The van der Waals surface area contributed by atoms with Gasteiger partial charge in [-0.2, -0.15) is 10.2 Å². The first-order chi connectivity index (χ1) is 18.8. The van der Waals surface area contributed by atoms with Crippen molar-refractivity contribution in [3.05, 3.63) is 95.3 Å². The Bertz CT molecular complexity index is 1740. The van der Waals surface area contributed by atoms with Crippen molar-refractivity contribution >= 4 is 5.97 Å². The largest absolute Gasteiger partial charge is 0.478 e. The van der Waals surface area contributed by atoms with Crippen LogP contribution in [0.4, 0.5) is 0 Å². The minimum atomic E-state index is -0.973. The summed E-state index contributed by atoms with van der Waals surface area (Å²) in [6.45, 7) is 4.57. The van der Waals surface area contributed by atoms with Crippen molar-refractivity contribution < 1.29 is 9.90 Å². The first-order valence-electron chi connectivity index (χ1n) is 13.3. The summed E-state index contributed by atoms with van der Waals surface area (Å²) in [5.74, 6) is -0.820. The highest BCUT2D eigenvalue weighted by Gasteiger charge is 2.46. The minimum Gasteiger partial charge on any atom is -0.478 e. The summed E-state index contributed by atoms with van der Waals surface area (Å²) in [5.41, 5.74) is 8.47. The van der Waals surface area contributed by atoms with Crippen molar-refractivity contribution in [2.45, 2.75) is 50.4 Å². The fraction of sp³-hybridized carbons (Fsp3) is 0.300. The maximum Gasteiger partial charge on any atom is 0.339 e. The molecule has 7 rings (SSSR count). The van der Waals surface area contributed by atoms with Gasteiger partial charge in [-0.25, -0.2) is 14.2 Å². The lowest BCUT2D eigenvalue weighted by atomic mass is 9.90. The Balaban J connectivity index is 1.26. The number of aryl methyl sites for hydroxylation is 2. The van der Waals surface area contributed by atoms with Crippen LogP contribution in [0.2, 0.25) is 0 Å². The number of nitrogens with zero attached hydrogens (tertiary/aromatic N) is 7. The number of carboxylic acids is 1. The number of aromatic nitrogens is 7. The number of rotatable bonds is 6. The van der Waals surface area contributed by atoms with E-state index in [0.717, 1.165) is 47.5 Å². The molecule has 9 heteroatoms. The van der Waals surface area contributed by atoms with Gasteiger partial charge in [0.05, 0.1) is 40.9 Å². The van der Waals surface area contributed by atoms with Gasteiger partial charge in [-0.3, -0.25) is 4.68 Å². The van der Waals surface area contributed by atoms with Crippen molar-refractivity contribution in [1.29, 1.82) is 0 Å². The van der Waals surface area contributed by atoms with Gasteiger partial charge in [0.15, 0.2) is 0 Å². The van der Waals surface area contributed by atoms with Gasteiger partial charge < -0.3 is 5.11 Å². The number of benzene rings is 2. The molecule has 0 spiro atoms. The predicted octanol–water partition coefficient (Wildman–Crippen LogP) is 5.05. The third kappa shape index (κ3) is 3.88. The second-order valence-corrected chi connectivity index (χ2v) is 11.3. The van der Waals surface area contributed by atoms with E-state index in [4.69, 9.17) is 5.10 Å². The zero-order valence-corrected chi connectivity index (χ0v) is 22.1. The average Bonchev–Trinajstić information content (AvgIpc) is 3.30. The van der Waals surface area contributed by atoms with Gasteiger partial charge in [0.1, 0.15) is 5.56 Å². The Kier molecular flexibility index (Phi) is 5.13. The lowest BCUT2D eigenvalue weighted by Crippen LogP contribution is -2.18. The van der Waals surface area contributed by atoms with Crippen molar-refractivity contribution in [3.8, 4) is 22.5 Å². The van der Waals surface area contributed by atoms with Gasteiger partial charge in [0, 0.05) is 30.5 Å². The van der Waals surface area contributed by atoms with E-state index < -0.39 is 5.97 Å². The number of hydrogen-bond donors (Lipinski definition) is 1. The molecule has 2 aliphatic rings. The highest BCUT2D eigenvalue weighted by molar-refractivity contribution is 5.89. The Morgan fingerprint density at radius 3 is 2.33 bits per heavy atom. The molecule has 0 amide bonds. The van der Waals surface area contributed by atoms with E-state index in [1.807, 2.05) is 31.6 Å². The topological polar surface area (TPSA) is 104 Å². The lowest BCUT2D eigenvalue weighted by Gasteiger charge is -2.21. The van der Waals surface area contributed by atoms with Crippen molar-refractivity contribution in [2.75, 3.05) is 0 Å². The zero-order valence-electron chi connectivity index (χ0n) is 22.1. The molecule has 1 fully saturated rings. The summed E-state index contributed by atoms with van der Waals surface area (Å²) in [7, 11) is 1.84. The summed E-state index contributed by atoms with van der Waals surface area (Å²) < 4.78 is 5.54. The van der Waals surface area contributed by atoms with Crippen molar-refractivity contribution in [1.82, 2.24) is 34.6 Å². The first-order valence-corrected chi connectivity index (χ1v) is 13.3. The van der Waals surface area contributed by atoms with Crippen LogP contribution in [0.15, 0.2) is 67.1 Å². The van der Waals surface area contributed by atoms with Gasteiger partial charge in [-0.15, -0.1) is 5.10 Å². The second kappa shape index (κ2) is 8.49. The zero-order chi connectivity index (χ0) is 26.9. The molecule has 2 aliphatic carbocycles. The quantitative estimate of drug-likeness (QED) is 0.337. The smallest absolute Gasteiger partial charge is 0.339 e. The molecule has 2 aromatic carbocycles. The van der Waals surface area contributed by atoms with Crippen LogP contribution < -0.4 is 0 Å². The highest BCUT2D eigenvalue weighted by Crippen LogP contribution is 2.55. The second-order valence-electron chi connectivity index (χ2n) is 11.3. The molecule has 196 valence electrons. The fourth-order valence-corrected chi connectivity index (χ4v) is 6.13. The standard InChI is InChI=1S/C30H29N7O2/c1-30(2)11-10-20-15-31-37(28(20)30)22-9-5-7-19(13-22)18-6-4-8-21(12-18)36-27(25(16-32-36)29(38)39)24-14-23(24)26-17-35(3)34-33-26/h4-9,12-13,15-17,23-24H,10-11,14H2,1-3H3,(H,38,39). The predicted molar refractivity (Wildman–Crippen MR) is 146 cm³/mol. The lowest BCUT2D eigenvalue weighted by molar-refractivity contribution is 0.0695. The van der Waals surface area contributed by atoms with Crippen LogP contribution in [0.25, 0.3) is 22.5 Å². The molecular weight excluding hydrogens is 490 g/mol.